The molecule has 1 aromatic carbocycles. The lowest BCUT2D eigenvalue weighted by atomic mass is 10.1. The van der Waals surface area contributed by atoms with Crippen molar-refractivity contribution in [2.45, 2.75) is 6.54 Å². The molecule has 2 heterocycles. The van der Waals surface area contributed by atoms with E-state index in [0.29, 0.717) is 11.4 Å². The maximum atomic E-state index is 11.1. The quantitative estimate of drug-likeness (QED) is 0.891. The average Bonchev–Trinajstić information content (AvgIpc) is 2.62. The topological polar surface area (TPSA) is 78.8 Å². The van der Waals surface area contributed by atoms with Gasteiger partial charge < -0.3 is 14.7 Å². The Labute approximate surface area is 140 Å². The van der Waals surface area contributed by atoms with E-state index in [1.54, 1.807) is 25.3 Å². The summed E-state index contributed by atoms with van der Waals surface area (Å²) in [5.41, 5.74) is 1.35. The second-order valence-electron chi connectivity index (χ2n) is 5.69. The molecule has 1 fully saturated rings. The van der Waals surface area contributed by atoms with E-state index >= 15 is 0 Å². The molecule has 0 spiro atoms. The minimum absolute atomic E-state index is 0.333. The van der Waals surface area contributed by atoms with Gasteiger partial charge in [0.25, 0.3) is 0 Å². The van der Waals surface area contributed by atoms with Gasteiger partial charge in [-0.15, -0.1) is 0 Å². The highest BCUT2D eigenvalue weighted by Gasteiger charge is 2.19. The Morgan fingerprint density at radius 2 is 2.00 bits per heavy atom. The summed E-state index contributed by atoms with van der Waals surface area (Å²) in [4.78, 5) is 23.9. The van der Waals surface area contributed by atoms with Gasteiger partial charge in [-0.1, -0.05) is 12.1 Å². The van der Waals surface area contributed by atoms with E-state index in [9.17, 15) is 4.79 Å². The highest BCUT2D eigenvalue weighted by atomic mass is 16.5. The number of carboxylic acid groups (broad SMARTS) is 1. The minimum Gasteiger partial charge on any atom is -0.481 e. The van der Waals surface area contributed by atoms with E-state index in [2.05, 4.69) is 19.8 Å². The SMILES string of the molecule is COc1cc(N2CCN(Cc3cccc(C(=O)O)c3)CC2)ncn1. The molecule has 126 valence electrons. The standard InChI is InChI=1S/C17H20N4O3/c1-24-16-10-15(18-12-19-16)21-7-5-20(6-8-21)11-13-3-2-4-14(9-13)17(22)23/h2-4,9-10,12H,5-8,11H2,1H3,(H,22,23). The predicted octanol–water partition coefficient (Wildman–Crippen LogP) is 1.51. The van der Waals surface area contributed by atoms with Gasteiger partial charge >= 0.3 is 5.97 Å². The molecule has 0 saturated carbocycles. The van der Waals surface area contributed by atoms with Crippen LogP contribution >= 0.6 is 0 Å². The third kappa shape index (κ3) is 3.80. The van der Waals surface area contributed by atoms with Crippen LogP contribution in [0.2, 0.25) is 0 Å². The van der Waals surface area contributed by atoms with Crippen LogP contribution < -0.4 is 9.64 Å². The van der Waals surface area contributed by atoms with E-state index in [1.807, 2.05) is 12.1 Å². The molecular formula is C17H20N4O3. The van der Waals surface area contributed by atoms with Crippen LogP contribution in [0.1, 0.15) is 15.9 Å². The first kappa shape index (κ1) is 16.2. The average molecular weight is 328 g/mol. The third-order valence-electron chi connectivity index (χ3n) is 4.11. The molecule has 0 amide bonds. The molecule has 2 aromatic rings. The molecule has 7 heteroatoms. The van der Waals surface area contributed by atoms with Gasteiger partial charge in [0.2, 0.25) is 5.88 Å². The van der Waals surface area contributed by atoms with Crippen LogP contribution in [0.25, 0.3) is 0 Å². The first-order chi connectivity index (χ1) is 11.7. The number of rotatable bonds is 5. The normalized spacial score (nSPS) is 15.3. The minimum atomic E-state index is -0.889. The number of ether oxygens (including phenoxy) is 1. The van der Waals surface area contributed by atoms with Crippen LogP contribution in [0.5, 0.6) is 5.88 Å². The molecule has 0 bridgehead atoms. The largest absolute Gasteiger partial charge is 0.481 e. The van der Waals surface area contributed by atoms with Gasteiger partial charge in [0.15, 0.2) is 0 Å². The van der Waals surface area contributed by atoms with Crippen molar-refractivity contribution in [3.8, 4) is 5.88 Å². The van der Waals surface area contributed by atoms with Crippen molar-refractivity contribution in [2.75, 3.05) is 38.2 Å². The summed E-state index contributed by atoms with van der Waals surface area (Å²) in [6.45, 7) is 4.26. The van der Waals surface area contributed by atoms with Gasteiger partial charge in [0.1, 0.15) is 12.1 Å². The number of anilines is 1. The summed E-state index contributed by atoms with van der Waals surface area (Å²) >= 11 is 0. The molecule has 1 aromatic heterocycles. The van der Waals surface area contributed by atoms with Crippen molar-refractivity contribution in [1.82, 2.24) is 14.9 Å². The number of hydrogen-bond acceptors (Lipinski definition) is 6. The van der Waals surface area contributed by atoms with Crippen LogP contribution in [0.3, 0.4) is 0 Å². The number of benzene rings is 1. The highest BCUT2D eigenvalue weighted by Crippen LogP contribution is 2.18. The molecule has 24 heavy (non-hydrogen) atoms. The number of aromatic nitrogens is 2. The van der Waals surface area contributed by atoms with Crippen molar-refractivity contribution >= 4 is 11.8 Å². The van der Waals surface area contributed by atoms with E-state index in [1.165, 1.54) is 6.33 Å². The highest BCUT2D eigenvalue weighted by molar-refractivity contribution is 5.87. The van der Waals surface area contributed by atoms with Crippen molar-refractivity contribution in [3.63, 3.8) is 0 Å². The summed E-state index contributed by atoms with van der Waals surface area (Å²) in [6.07, 6.45) is 1.51. The molecule has 0 radical (unpaired) electrons. The Morgan fingerprint density at radius 3 is 2.71 bits per heavy atom. The van der Waals surface area contributed by atoms with E-state index in [-0.39, 0.29) is 0 Å². The Kier molecular flexibility index (Phi) is 4.90. The van der Waals surface area contributed by atoms with Crippen molar-refractivity contribution < 1.29 is 14.6 Å². The molecule has 1 N–H and O–H groups in total. The Hall–Kier alpha value is -2.67. The number of carboxylic acids is 1. The van der Waals surface area contributed by atoms with Gasteiger partial charge in [0.05, 0.1) is 12.7 Å². The molecular weight excluding hydrogens is 308 g/mol. The fourth-order valence-corrected chi connectivity index (χ4v) is 2.81. The zero-order valence-corrected chi connectivity index (χ0v) is 13.6. The fraction of sp³-hybridized carbons (Fsp3) is 0.353. The lowest BCUT2D eigenvalue weighted by Crippen LogP contribution is -2.46. The number of aromatic carboxylic acids is 1. The second-order valence-corrected chi connectivity index (χ2v) is 5.69. The zero-order valence-electron chi connectivity index (χ0n) is 13.6. The summed E-state index contributed by atoms with van der Waals surface area (Å²) < 4.78 is 5.14. The molecule has 0 unspecified atom stereocenters. The van der Waals surface area contributed by atoms with Crippen LogP contribution in [-0.2, 0) is 6.54 Å². The number of hydrogen-bond donors (Lipinski definition) is 1. The van der Waals surface area contributed by atoms with Crippen molar-refractivity contribution in [1.29, 1.82) is 0 Å². The van der Waals surface area contributed by atoms with Gasteiger partial charge in [-0.3, -0.25) is 4.90 Å². The second kappa shape index (κ2) is 7.27. The first-order valence-electron chi connectivity index (χ1n) is 7.81. The smallest absolute Gasteiger partial charge is 0.335 e. The van der Waals surface area contributed by atoms with Crippen molar-refractivity contribution in [2.24, 2.45) is 0 Å². The van der Waals surface area contributed by atoms with E-state index in [0.717, 1.165) is 44.1 Å². The number of piperazine rings is 1. The lowest BCUT2D eigenvalue weighted by Gasteiger charge is -2.35. The molecule has 0 aliphatic carbocycles. The number of carbonyl (C=O) groups is 1. The maximum Gasteiger partial charge on any atom is 0.335 e. The summed E-state index contributed by atoms with van der Waals surface area (Å²) in [5, 5.41) is 9.08. The number of methoxy groups -OCH3 is 1. The van der Waals surface area contributed by atoms with Crippen LogP contribution in [0.15, 0.2) is 36.7 Å². The van der Waals surface area contributed by atoms with Crippen LogP contribution in [0.4, 0.5) is 5.82 Å². The fourth-order valence-electron chi connectivity index (χ4n) is 2.81. The van der Waals surface area contributed by atoms with Gasteiger partial charge in [-0.05, 0) is 17.7 Å². The van der Waals surface area contributed by atoms with E-state index < -0.39 is 5.97 Å². The zero-order chi connectivity index (χ0) is 16.9. The Balaban J connectivity index is 1.59. The van der Waals surface area contributed by atoms with Gasteiger partial charge in [-0.2, -0.15) is 0 Å². The predicted molar refractivity (Wildman–Crippen MR) is 89.5 cm³/mol. The summed E-state index contributed by atoms with van der Waals surface area (Å²) in [7, 11) is 1.59. The van der Waals surface area contributed by atoms with Crippen LogP contribution in [0, 0.1) is 0 Å². The van der Waals surface area contributed by atoms with Gasteiger partial charge in [0, 0.05) is 38.8 Å². The van der Waals surface area contributed by atoms with Crippen molar-refractivity contribution in [3.05, 3.63) is 47.8 Å². The molecule has 7 nitrogen and oxygen atoms in total. The van der Waals surface area contributed by atoms with E-state index in [4.69, 9.17) is 9.84 Å². The summed E-state index contributed by atoms with van der Waals surface area (Å²) in [6, 6.07) is 8.96. The third-order valence-corrected chi connectivity index (χ3v) is 4.11. The maximum absolute atomic E-state index is 11.1. The molecule has 1 aliphatic rings. The lowest BCUT2D eigenvalue weighted by molar-refractivity contribution is 0.0696. The monoisotopic (exact) mass is 328 g/mol. The Bertz CT molecular complexity index is 714. The number of nitrogens with zero attached hydrogens (tertiary/aromatic N) is 4. The molecule has 1 saturated heterocycles. The van der Waals surface area contributed by atoms with Crippen LogP contribution in [-0.4, -0.2) is 59.2 Å². The first-order valence-corrected chi connectivity index (χ1v) is 7.81. The van der Waals surface area contributed by atoms with Gasteiger partial charge in [-0.25, -0.2) is 14.8 Å². The molecule has 0 atom stereocenters. The molecule has 3 rings (SSSR count). The summed E-state index contributed by atoms with van der Waals surface area (Å²) in [5.74, 6) is 0.543. The Morgan fingerprint density at radius 1 is 1.21 bits per heavy atom. The molecule has 1 aliphatic heterocycles.